The Morgan fingerprint density at radius 3 is 2.67 bits per heavy atom. The molecule has 2 N–H and O–H groups in total. The van der Waals surface area contributed by atoms with Gasteiger partial charge in [0.2, 0.25) is 11.1 Å². The Kier molecular flexibility index (Phi) is 6.01. The van der Waals surface area contributed by atoms with Gasteiger partial charge in [0.15, 0.2) is 5.82 Å². The number of methoxy groups -OCH3 is 1. The first-order chi connectivity index (χ1) is 13.0. The van der Waals surface area contributed by atoms with Crippen molar-refractivity contribution in [3.8, 4) is 23.2 Å². The van der Waals surface area contributed by atoms with Crippen LogP contribution in [0.15, 0.2) is 29.4 Å². The number of hydrogen-bond donors (Lipinski definition) is 2. The van der Waals surface area contributed by atoms with Gasteiger partial charge in [0, 0.05) is 5.56 Å². The number of nitrogens with zero attached hydrogens (tertiary/aromatic N) is 3. The third kappa shape index (κ3) is 4.61. The zero-order chi connectivity index (χ0) is 19.3. The molecule has 2 aromatic rings. The number of aromatic nitrogens is 3. The number of nitriles is 1. The van der Waals surface area contributed by atoms with E-state index in [4.69, 9.17) is 4.74 Å². The summed E-state index contributed by atoms with van der Waals surface area (Å²) in [7, 11) is 1.62. The largest absolute Gasteiger partial charge is 0.497 e. The van der Waals surface area contributed by atoms with Crippen LogP contribution in [0.1, 0.15) is 39.0 Å². The minimum atomic E-state index is -0.725. The maximum atomic E-state index is 12.6. The number of hydrogen-bond acceptors (Lipinski definition) is 6. The zero-order valence-electron chi connectivity index (χ0n) is 15.5. The normalized spacial score (nSPS) is 16.9. The molecule has 0 radical (unpaired) electrons. The molecule has 3 rings (SSSR count). The number of benzene rings is 1. The molecule has 27 heavy (non-hydrogen) atoms. The number of ether oxygens (including phenoxy) is 1. The average Bonchev–Trinajstić information content (AvgIpc) is 3.17. The second-order valence-corrected chi connectivity index (χ2v) is 8.01. The summed E-state index contributed by atoms with van der Waals surface area (Å²) < 4.78 is 5.15. The lowest BCUT2D eigenvalue weighted by molar-refractivity contribution is -0.121. The molecule has 1 amide bonds. The fourth-order valence-corrected chi connectivity index (χ4v) is 3.87. The molecule has 7 nitrogen and oxygen atoms in total. The first-order valence-electron chi connectivity index (χ1n) is 9.02. The summed E-state index contributed by atoms with van der Waals surface area (Å²) in [5.74, 6) is 1.25. The van der Waals surface area contributed by atoms with E-state index in [1.54, 1.807) is 14.0 Å². The van der Waals surface area contributed by atoms with Gasteiger partial charge in [0.1, 0.15) is 11.3 Å². The summed E-state index contributed by atoms with van der Waals surface area (Å²) in [6.45, 7) is 1.80. The summed E-state index contributed by atoms with van der Waals surface area (Å²) in [6.07, 6.45) is 4.50. The van der Waals surface area contributed by atoms with Crippen LogP contribution >= 0.6 is 11.8 Å². The molecule has 1 unspecified atom stereocenters. The summed E-state index contributed by atoms with van der Waals surface area (Å²) in [5, 5.41) is 19.7. The molecule has 142 valence electrons. The number of carbonyl (C=O) groups excluding carboxylic acids is 1. The highest BCUT2D eigenvalue weighted by Gasteiger charge is 2.35. The predicted octanol–water partition coefficient (Wildman–Crippen LogP) is 3.30. The van der Waals surface area contributed by atoms with Crippen molar-refractivity contribution >= 4 is 17.7 Å². The molecule has 0 aliphatic heterocycles. The molecule has 1 aromatic carbocycles. The number of nitrogens with one attached hydrogen (secondary N) is 2. The van der Waals surface area contributed by atoms with E-state index in [1.807, 2.05) is 24.3 Å². The Bertz CT molecular complexity index is 821. The third-order valence-corrected chi connectivity index (χ3v) is 5.72. The Morgan fingerprint density at radius 2 is 2.04 bits per heavy atom. The number of aromatic amines is 1. The van der Waals surface area contributed by atoms with Crippen LogP contribution in [-0.4, -0.2) is 39.0 Å². The first kappa shape index (κ1) is 19.2. The van der Waals surface area contributed by atoms with Gasteiger partial charge in [-0.2, -0.15) is 5.26 Å². The van der Waals surface area contributed by atoms with Gasteiger partial charge >= 0.3 is 0 Å². The SMILES string of the molecule is COc1ccc(-c2nc(SC(C)C(=O)NC3(C#N)CCCCC3)n[nH]2)cc1. The fraction of sp³-hybridized carbons (Fsp3) is 0.474. The van der Waals surface area contributed by atoms with Crippen molar-refractivity contribution in [3.05, 3.63) is 24.3 Å². The predicted molar refractivity (Wildman–Crippen MR) is 103 cm³/mol. The minimum absolute atomic E-state index is 0.153. The van der Waals surface area contributed by atoms with Crippen molar-refractivity contribution in [2.75, 3.05) is 7.11 Å². The molecular weight excluding hydrogens is 362 g/mol. The molecule has 0 saturated heterocycles. The van der Waals surface area contributed by atoms with E-state index in [0.717, 1.165) is 43.4 Å². The molecule has 8 heteroatoms. The molecule has 1 aromatic heterocycles. The van der Waals surface area contributed by atoms with Crippen molar-refractivity contribution in [1.29, 1.82) is 5.26 Å². The number of rotatable bonds is 6. The van der Waals surface area contributed by atoms with Crippen LogP contribution in [0.2, 0.25) is 0 Å². The summed E-state index contributed by atoms with van der Waals surface area (Å²) in [5.41, 5.74) is 0.162. The van der Waals surface area contributed by atoms with Crippen LogP contribution in [-0.2, 0) is 4.79 Å². The van der Waals surface area contributed by atoms with Crippen molar-refractivity contribution in [1.82, 2.24) is 20.5 Å². The van der Waals surface area contributed by atoms with E-state index in [0.29, 0.717) is 11.0 Å². The maximum Gasteiger partial charge on any atom is 0.234 e. The second-order valence-electron chi connectivity index (χ2n) is 6.70. The Balaban J connectivity index is 1.62. The molecule has 1 saturated carbocycles. The second kappa shape index (κ2) is 8.44. The highest BCUT2D eigenvalue weighted by atomic mass is 32.2. The average molecular weight is 385 g/mol. The Labute approximate surface area is 162 Å². The number of thioether (sulfide) groups is 1. The number of carbonyl (C=O) groups is 1. The van der Waals surface area contributed by atoms with Gasteiger partial charge in [0.05, 0.1) is 18.4 Å². The number of H-pyrrole nitrogens is 1. The molecule has 1 heterocycles. The lowest BCUT2D eigenvalue weighted by Crippen LogP contribution is -2.50. The maximum absolute atomic E-state index is 12.6. The van der Waals surface area contributed by atoms with Crippen molar-refractivity contribution < 1.29 is 9.53 Å². The standard InChI is InChI=1S/C19H23N5O2S/c1-13(17(25)22-19(12-20)10-4-3-5-11-19)27-18-21-16(23-24-18)14-6-8-15(26-2)9-7-14/h6-9,13H,3-5,10-11H2,1-2H3,(H,22,25)(H,21,23,24). The first-order valence-corrected chi connectivity index (χ1v) is 9.90. The van der Waals surface area contributed by atoms with E-state index < -0.39 is 10.8 Å². The van der Waals surface area contributed by atoms with Crippen LogP contribution in [0.5, 0.6) is 5.75 Å². The van der Waals surface area contributed by atoms with E-state index >= 15 is 0 Å². The number of amides is 1. The third-order valence-electron chi connectivity index (χ3n) is 4.76. The molecular formula is C19H23N5O2S. The molecule has 1 atom stereocenters. The molecule has 1 fully saturated rings. The van der Waals surface area contributed by atoms with Crippen LogP contribution < -0.4 is 10.1 Å². The van der Waals surface area contributed by atoms with E-state index in [9.17, 15) is 10.1 Å². The van der Waals surface area contributed by atoms with E-state index in [1.165, 1.54) is 11.8 Å². The quantitative estimate of drug-likeness (QED) is 0.740. The van der Waals surface area contributed by atoms with Gasteiger partial charge < -0.3 is 10.1 Å². The lowest BCUT2D eigenvalue weighted by atomic mass is 9.83. The van der Waals surface area contributed by atoms with Crippen LogP contribution in [0.25, 0.3) is 11.4 Å². The Hall–Kier alpha value is -2.53. The Morgan fingerprint density at radius 1 is 1.33 bits per heavy atom. The van der Waals surface area contributed by atoms with Gasteiger partial charge in [-0.25, -0.2) is 4.98 Å². The lowest BCUT2D eigenvalue weighted by Gasteiger charge is -2.32. The van der Waals surface area contributed by atoms with Gasteiger partial charge in [0.25, 0.3) is 0 Å². The minimum Gasteiger partial charge on any atom is -0.497 e. The summed E-state index contributed by atoms with van der Waals surface area (Å²) >= 11 is 1.27. The molecule has 1 aliphatic carbocycles. The monoisotopic (exact) mass is 385 g/mol. The molecule has 0 spiro atoms. The van der Waals surface area contributed by atoms with Gasteiger partial charge in [-0.05, 0) is 44.0 Å². The van der Waals surface area contributed by atoms with Crippen LogP contribution in [0.4, 0.5) is 0 Å². The van der Waals surface area contributed by atoms with E-state index in [2.05, 4.69) is 26.6 Å². The van der Waals surface area contributed by atoms with Gasteiger partial charge in [-0.1, -0.05) is 31.0 Å². The highest BCUT2D eigenvalue weighted by molar-refractivity contribution is 8.00. The summed E-state index contributed by atoms with van der Waals surface area (Å²) in [6, 6.07) is 9.81. The van der Waals surface area contributed by atoms with E-state index in [-0.39, 0.29) is 5.91 Å². The smallest absolute Gasteiger partial charge is 0.234 e. The summed E-state index contributed by atoms with van der Waals surface area (Å²) in [4.78, 5) is 17.0. The zero-order valence-corrected chi connectivity index (χ0v) is 16.3. The van der Waals surface area contributed by atoms with Crippen molar-refractivity contribution in [2.45, 2.75) is 55.0 Å². The highest BCUT2D eigenvalue weighted by Crippen LogP contribution is 2.29. The van der Waals surface area contributed by atoms with Crippen molar-refractivity contribution in [2.24, 2.45) is 0 Å². The topological polar surface area (TPSA) is 104 Å². The van der Waals surface area contributed by atoms with Crippen LogP contribution in [0.3, 0.4) is 0 Å². The fourth-order valence-electron chi connectivity index (χ4n) is 3.15. The molecule has 0 bridgehead atoms. The molecule has 1 aliphatic rings. The van der Waals surface area contributed by atoms with Gasteiger partial charge in [-0.15, -0.1) is 5.10 Å². The van der Waals surface area contributed by atoms with Crippen molar-refractivity contribution in [3.63, 3.8) is 0 Å². The van der Waals surface area contributed by atoms with Gasteiger partial charge in [-0.3, -0.25) is 9.89 Å². The van der Waals surface area contributed by atoms with Crippen LogP contribution in [0, 0.1) is 11.3 Å².